The largest absolute Gasteiger partial charge is 0.469 e. The molecule has 0 aromatic heterocycles. The van der Waals surface area contributed by atoms with Gasteiger partial charge in [-0.05, 0) is 30.1 Å². The summed E-state index contributed by atoms with van der Waals surface area (Å²) in [7, 11) is 1.37. The summed E-state index contributed by atoms with van der Waals surface area (Å²) in [6.45, 7) is 2.04. The molecule has 0 aliphatic carbocycles. The van der Waals surface area contributed by atoms with Gasteiger partial charge in [0.1, 0.15) is 0 Å². The van der Waals surface area contributed by atoms with Gasteiger partial charge in [0.25, 0.3) is 0 Å². The van der Waals surface area contributed by atoms with Crippen molar-refractivity contribution in [3.8, 4) is 0 Å². The van der Waals surface area contributed by atoms with Crippen molar-refractivity contribution in [1.29, 1.82) is 0 Å². The molecule has 0 N–H and O–H groups in total. The summed E-state index contributed by atoms with van der Waals surface area (Å²) in [5.41, 5.74) is 0. The van der Waals surface area contributed by atoms with E-state index in [0.29, 0.717) is 19.3 Å². The Morgan fingerprint density at radius 3 is 2.53 bits per heavy atom. The number of carbonyl (C=O) groups excluding carboxylic acids is 2. The third-order valence-corrected chi connectivity index (χ3v) is 2.46. The van der Waals surface area contributed by atoms with Gasteiger partial charge in [0, 0.05) is 12.8 Å². The summed E-state index contributed by atoms with van der Waals surface area (Å²) in [6.07, 6.45) is 3.98. The summed E-state index contributed by atoms with van der Waals surface area (Å²) in [4.78, 5) is 22.0. The molecular weight excluding hydrogens is 212 g/mol. The average molecular weight is 230 g/mol. The third-order valence-electron chi connectivity index (χ3n) is 1.80. The lowest BCUT2D eigenvalue weighted by Gasteiger charge is -1.97. The van der Waals surface area contributed by atoms with E-state index in [9.17, 15) is 9.59 Å². The fourth-order valence-electron chi connectivity index (χ4n) is 0.974. The van der Waals surface area contributed by atoms with Crippen molar-refractivity contribution in [3.05, 3.63) is 11.5 Å². The Balaban J connectivity index is 3.43. The van der Waals surface area contributed by atoms with Gasteiger partial charge in [0.15, 0.2) is 5.78 Å². The van der Waals surface area contributed by atoms with Gasteiger partial charge >= 0.3 is 5.97 Å². The lowest BCUT2D eigenvalue weighted by Crippen LogP contribution is -2.00. The molecule has 3 nitrogen and oxygen atoms in total. The van der Waals surface area contributed by atoms with Gasteiger partial charge in [0.05, 0.1) is 7.11 Å². The van der Waals surface area contributed by atoms with Crippen LogP contribution >= 0.6 is 11.8 Å². The Labute approximate surface area is 95.3 Å². The number of rotatable bonds is 8. The van der Waals surface area contributed by atoms with E-state index in [1.165, 1.54) is 7.11 Å². The van der Waals surface area contributed by atoms with Crippen molar-refractivity contribution in [2.24, 2.45) is 0 Å². The standard InChI is InChI=1S/C11H18O3S/c1-3-15-9-8-10(12)6-4-5-7-11(13)14-2/h8-9H,3-7H2,1-2H3. The highest BCUT2D eigenvalue weighted by Gasteiger charge is 2.01. The number of ether oxygens (including phenoxy) is 1. The predicted octanol–water partition coefficient (Wildman–Crippen LogP) is 2.56. The number of hydrogen-bond donors (Lipinski definition) is 0. The van der Waals surface area contributed by atoms with Crippen LogP contribution in [0.1, 0.15) is 32.6 Å². The number of unbranched alkanes of at least 4 members (excludes halogenated alkanes) is 1. The second-order valence-corrected chi connectivity index (χ2v) is 4.19. The predicted molar refractivity (Wildman–Crippen MR) is 62.8 cm³/mol. The van der Waals surface area contributed by atoms with Crippen LogP contribution in [-0.4, -0.2) is 24.6 Å². The van der Waals surface area contributed by atoms with Crippen molar-refractivity contribution >= 4 is 23.5 Å². The number of esters is 1. The molecule has 0 fully saturated rings. The first-order valence-corrected chi connectivity index (χ1v) is 6.13. The van der Waals surface area contributed by atoms with Crippen LogP contribution < -0.4 is 0 Å². The molecule has 0 bridgehead atoms. The molecule has 15 heavy (non-hydrogen) atoms. The molecule has 0 heterocycles. The second kappa shape index (κ2) is 9.77. The SMILES string of the molecule is CCSC=CC(=O)CCCCC(=O)OC. The first-order chi connectivity index (χ1) is 7.20. The number of ketones is 1. The van der Waals surface area contributed by atoms with Crippen LogP contribution in [0.15, 0.2) is 11.5 Å². The average Bonchev–Trinajstić information content (AvgIpc) is 2.24. The van der Waals surface area contributed by atoms with Gasteiger partial charge in [-0.15, -0.1) is 11.8 Å². The summed E-state index contributed by atoms with van der Waals surface area (Å²) in [6, 6.07) is 0. The number of methoxy groups -OCH3 is 1. The molecule has 0 unspecified atom stereocenters. The van der Waals surface area contributed by atoms with Crippen LogP contribution in [0.3, 0.4) is 0 Å². The molecule has 0 aromatic rings. The lowest BCUT2D eigenvalue weighted by atomic mass is 10.1. The molecule has 0 aliphatic rings. The highest BCUT2D eigenvalue weighted by molar-refractivity contribution is 8.02. The minimum absolute atomic E-state index is 0.126. The highest BCUT2D eigenvalue weighted by atomic mass is 32.2. The second-order valence-electron chi connectivity index (χ2n) is 3.01. The van der Waals surface area contributed by atoms with Crippen molar-refractivity contribution in [2.45, 2.75) is 32.6 Å². The molecule has 0 atom stereocenters. The van der Waals surface area contributed by atoms with Crippen molar-refractivity contribution in [3.63, 3.8) is 0 Å². The molecule has 0 spiro atoms. The summed E-state index contributed by atoms with van der Waals surface area (Å²) < 4.78 is 4.50. The quantitative estimate of drug-likeness (QED) is 0.365. The van der Waals surface area contributed by atoms with Crippen LogP contribution in [0.2, 0.25) is 0 Å². The molecule has 4 heteroatoms. The fraction of sp³-hybridized carbons (Fsp3) is 0.636. The van der Waals surface area contributed by atoms with Crippen LogP contribution in [0.25, 0.3) is 0 Å². The molecule has 0 saturated heterocycles. The molecule has 86 valence electrons. The van der Waals surface area contributed by atoms with E-state index in [0.717, 1.165) is 12.2 Å². The fourth-order valence-corrected chi connectivity index (χ4v) is 1.41. The normalized spacial score (nSPS) is 10.5. The first-order valence-electron chi connectivity index (χ1n) is 5.08. The van der Waals surface area contributed by atoms with E-state index in [2.05, 4.69) is 4.74 Å². The molecule has 0 aromatic carbocycles. The van der Waals surface area contributed by atoms with Crippen LogP contribution in [-0.2, 0) is 14.3 Å². The van der Waals surface area contributed by atoms with Gasteiger partial charge in [-0.25, -0.2) is 0 Å². The Kier molecular flexibility index (Phi) is 9.27. The zero-order chi connectivity index (χ0) is 11.5. The molecule has 0 aliphatic heterocycles. The van der Waals surface area contributed by atoms with Crippen molar-refractivity contribution in [1.82, 2.24) is 0 Å². The Morgan fingerprint density at radius 2 is 1.93 bits per heavy atom. The van der Waals surface area contributed by atoms with Crippen LogP contribution in [0, 0.1) is 0 Å². The van der Waals surface area contributed by atoms with E-state index in [-0.39, 0.29) is 11.8 Å². The van der Waals surface area contributed by atoms with Crippen LogP contribution in [0.4, 0.5) is 0 Å². The first kappa shape index (κ1) is 14.2. The zero-order valence-corrected chi connectivity index (χ0v) is 10.1. The summed E-state index contributed by atoms with van der Waals surface area (Å²) >= 11 is 1.61. The minimum atomic E-state index is -0.209. The Bertz CT molecular complexity index is 224. The number of carbonyl (C=O) groups is 2. The maximum atomic E-state index is 11.2. The van der Waals surface area contributed by atoms with Gasteiger partial charge in [-0.1, -0.05) is 6.92 Å². The maximum absolute atomic E-state index is 11.2. The minimum Gasteiger partial charge on any atom is -0.469 e. The third kappa shape index (κ3) is 9.53. The smallest absolute Gasteiger partial charge is 0.305 e. The van der Waals surface area contributed by atoms with E-state index in [4.69, 9.17) is 0 Å². The molecular formula is C11H18O3S. The number of hydrogen-bond acceptors (Lipinski definition) is 4. The molecule has 0 saturated carbocycles. The van der Waals surface area contributed by atoms with Crippen molar-refractivity contribution < 1.29 is 14.3 Å². The van der Waals surface area contributed by atoms with E-state index < -0.39 is 0 Å². The molecule has 0 radical (unpaired) electrons. The van der Waals surface area contributed by atoms with Gasteiger partial charge in [-0.2, -0.15) is 0 Å². The highest BCUT2D eigenvalue weighted by Crippen LogP contribution is 2.05. The summed E-state index contributed by atoms with van der Waals surface area (Å²) in [5.74, 6) is 0.895. The summed E-state index contributed by atoms with van der Waals surface area (Å²) in [5, 5.41) is 1.82. The number of allylic oxidation sites excluding steroid dienone is 1. The van der Waals surface area contributed by atoms with Gasteiger partial charge < -0.3 is 4.74 Å². The monoisotopic (exact) mass is 230 g/mol. The van der Waals surface area contributed by atoms with Gasteiger partial charge in [0.2, 0.25) is 0 Å². The Morgan fingerprint density at radius 1 is 1.27 bits per heavy atom. The maximum Gasteiger partial charge on any atom is 0.305 e. The van der Waals surface area contributed by atoms with Gasteiger partial charge in [-0.3, -0.25) is 9.59 Å². The van der Waals surface area contributed by atoms with Crippen molar-refractivity contribution in [2.75, 3.05) is 12.9 Å². The number of thioether (sulfide) groups is 1. The Hall–Kier alpha value is -0.770. The van der Waals surface area contributed by atoms with E-state index in [1.807, 2.05) is 12.3 Å². The van der Waals surface area contributed by atoms with E-state index in [1.54, 1.807) is 17.8 Å². The zero-order valence-electron chi connectivity index (χ0n) is 9.32. The van der Waals surface area contributed by atoms with Crippen LogP contribution in [0.5, 0.6) is 0 Å². The molecule has 0 amide bonds. The molecule has 0 rings (SSSR count). The topological polar surface area (TPSA) is 43.4 Å². The lowest BCUT2D eigenvalue weighted by molar-refractivity contribution is -0.140. The van der Waals surface area contributed by atoms with E-state index >= 15 is 0 Å².